The molecule has 2 saturated heterocycles. The fourth-order valence-electron chi connectivity index (χ4n) is 3.51. The average molecular weight is 291 g/mol. The Labute approximate surface area is 125 Å². The van der Waals surface area contributed by atoms with E-state index in [4.69, 9.17) is 17.0 Å². The zero-order valence-electron chi connectivity index (χ0n) is 12.3. The monoisotopic (exact) mass is 291 g/mol. The number of methoxy groups -OCH3 is 1. The summed E-state index contributed by atoms with van der Waals surface area (Å²) >= 11 is 5.58. The smallest absolute Gasteiger partial charge is 0.187 e. The SMILES string of the molecule is COc1ccc(C23CCCCN2N(C)C(=S)N3C)cc1. The number of hydrogen-bond acceptors (Lipinski definition) is 3. The standard InChI is InChI=1S/C15H21N3OS/c1-16-14(20)17(2)18-11-5-4-10-15(16,18)12-6-8-13(19-3)9-7-12/h6-9H,4-5,10-11H2,1-3H3. The molecule has 0 radical (unpaired) electrons. The lowest BCUT2D eigenvalue weighted by molar-refractivity contribution is -0.0843. The molecule has 108 valence electrons. The Morgan fingerprint density at radius 3 is 2.50 bits per heavy atom. The van der Waals surface area contributed by atoms with E-state index in [1.165, 1.54) is 18.4 Å². The first-order valence-electron chi connectivity index (χ1n) is 7.05. The molecule has 5 heteroatoms. The molecule has 0 amide bonds. The van der Waals surface area contributed by atoms with Crippen molar-refractivity contribution in [2.45, 2.75) is 24.9 Å². The van der Waals surface area contributed by atoms with Crippen molar-refractivity contribution in [2.24, 2.45) is 0 Å². The minimum atomic E-state index is -0.129. The number of nitrogens with zero attached hydrogens (tertiary/aromatic N) is 3. The van der Waals surface area contributed by atoms with E-state index in [0.29, 0.717) is 0 Å². The number of rotatable bonds is 2. The van der Waals surface area contributed by atoms with Crippen molar-refractivity contribution in [2.75, 3.05) is 27.7 Å². The summed E-state index contributed by atoms with van der Waals surface area (Å²) in [4.78, 5) is 2.24. The van der Waals surface area contributed by atoms with E-state index >= 15 is 0 Å². The highest BCUT2D eigenvalue weighted by Crippen LogP contribution is 2.45. The lowest BCUT2D eigenvalue weighted by Gasteiger charge is -2.46. The predicted octanol–water partition coefficient (Wildman–Crippen LogP) is 2.41. The third kappa shape index (κ3) is 1.73. The van der Waals surface area contributed by atoms with Crippen LogP contribution in [0.1, 0.15) is 24.8 Å². The number of thiocarbonyl (C=S) groups is 1. The van der Waals surface area contributed by atoms with Crippen molar-refractivity contribution in [3.8, 4) is 5.75 Å². The molecular weight excluding hydrogens is 270 g/mol. The molecule has 0 aliphatic carbocycles. The molecule has 0 saturated carbocycles. The van der Waals surface area contributed by atoms with E-state index < -0.39 is 0 Å². The van der Waals surface area contributed by atoms with Crippen molar-refractivity contribution < 1.29 is 4.74 Å². The first kappa shape index (κ1) is 13.6. The van der Waals surface area contributed by atoms with Gasteiger partial charge in [0.25, 0.3) is 0 Å². The van der Waals surface area contributed by atoms with Crippen molar-refractivity contribution >= 4 is 17.3 Å². The maximum Gasteiger partial charge on any atom is 0.187 e. The Morgan fingerprint density at radius 1 is 1.15 bits per heavy atom. The molecule has 4 nitrogen and oxygen atoms in total. The van der Waals surface area contributed by atoms with E-state index in [1.807, 2.05) is 12.1 Å². The van der Waals surface area contributed by atoms with Gasteiger partial charge in [-0.15, -0.1) is 0 Å². The zero-order valence-corrected chi connectivity index (χ0v) is 13.1. The largest absolute Gasteiger partial charge is 0.497 e. The summed E-state index contributed by atoms with van der Waals surface area (Å²) in [5.41, 5.74) is 1.16. The summed E-state index contributed by atoms with van der Waals surface area (Å²) in [6.07, 6.45) is 3.54. The summed E-state index contributed by atoms with van der Waals surface area (Å²) in [5.74, 6) is 0.893. The molecule has 0 aromatic heterocycles. The predicted molar refractivity (Wildman–Crippen MR) is 83.4 cm³/mol. The van der Waals surface area contributed by atoms with Crippen LogP contribution in [0.5, 0.6) is 5.75 Å². The van der Waals surface area contributed by atoms with Crippen LogP contribution in [0.3, 0.4) is 0 Å². The van der Waals surface area contributed by atoms with E-state index in [-0.39, 0.29) is 5.66 Å². The van der Waals surface area contributed by atoms with Gasteiger partial charge in [-0.05, 0) is 49.2 Å². The molecule has 0 bridgehead atoms. The number of hydrogen-bond donors (Lipinski definition) is 0. The van der Waals surface area contributed by atoms with Gasteiger partial charge >= 0.3 is 0 Å². The summed E-state index contributed by atoms with van der Waals surface area (Å²) in [6.45, 7) is 1.05. The zero-order chi connectivity index (χ0) is 14.3. The molecular formula is C15H21N3OS. The Bertz CT molecular complexity index is 518. The van der Waals surface area contributed by atoms with E-state index in [0.717, 1.165) is 23.8 Å². The molecule has 2 aliphatic heterocycles. The fraction of sp³-hybridized carbons (Fsp3) is 0.533. The van der Waals surface area contributed by atoms with Gasteiger partial charge < -0.3 is 9.64 Å². The third-order valence-electron chi connectivity index (χ3n) is 4.61. The molecule has 1 aromatic carbocycles. The van der Waals surface area contributed by atoms with Crippen molar-refractivity contribution in [3.05, 3.63) is 29.8 Å². The second-order valence-corrected chi connectivity index (χ2v) is 5.86. The number of benzene rings is 1. The van der Waals surface area contributed by atoms with Crippen molar-refractivity contribution in [1.29, 1.82) is 0 Å². The molecule has 0 spiro atoms. The Morgan fingerprint density at radius 2 is 1.85 bits per heavy atom. The van der Waals surface area contributed by atoms with Gasteiger partial charge in [-0.3, -0.25) is 5.01 Å². The van der Waals surface area contributed by atoms with Crippen molar-refractivity contribution in [1.82, 2.24) is 14.9 Å². The van der Waals surface area contributed by atoms with Crippen LogP contribution < -0.4 is 4.74 Å². The van der Waals surface area contributed by atoms with E-state index in [2.05, 4.69) is 41.1 Å². The van der Waals surface area contributed by atoms with Crippen LogP contribution in [-0.4, -0.2) is 47.8 Å². The van der Waals surface area contributed by atoms with Gasteiger partial charge in [0.15, 0.2) is 5.11 Å². The molecule has 1 atom stereocenters. The Kier molecular flexibility index (Phi) is 3.34. The van der Waals surface area contributed by atoms with E-state index in [9.17, 15) is 0 Å². The molecule has 2 fully saturated rings. The highest BCUT2D eigenvalue weighted by Gasteiger charge is 2.52. The number of hydrazine groups is 1. The summed E-state index contributed by atoms with van der Waals surface area (Å²) in [5, 5.41) is 5.42. The molecule has 3 rings (SSSR count). The van der Waals surface area contributed by atoms with Crippen LogP contribution in [0.25, 0.3) is 0 Å². The quantitative estimate of drug-likeness (QED) is 0.777. The number of ether oxygens (including phenoxy) is 1. The highest BCUT2D eigenvalue weighted by molar-refractivity contribution is 7.80. The summed E-state index contributed by atoms with van der Waals surface area (Å²) in [7, 11) is 5.87. The van der Waals surface area contributed by atoms with Gasteiger partial charge in [0.05, 0.1) is 7.11 Å². The normalized spacial score (nSPS) is 26.9. The molecule has 2 heterocycles. The maximum atomic E-state index is 5.58. The van der Waals surface area contributed by atoms with Crippen molar-refractivity contribution in [3.63, 3.8) is 0 Å². The van der Waals surface area contributed by atoms with Gasteiger partial charge in [0.2, 0.25) is 0 Å². The minimum absolute atomic E-state index is 0.129. The average Bonchev–Trinajstić information content (AvgIpc) is 2.70. The van der Waals surface area contributed by atoms with Gasteiger partial charge in [-0.1, -0.05) is 12.1 Å². The van der Waals surface area contributed by atoms with E-state index in [1.54, 1.807) is 7.11 Å². The molecule has 20 heavy (non-hydrogen) atoms. The Hall–Kier alpha value is -1.33. The van der Waals surface area contributed by atoms with Crippen LogP contribution in [0.15, 0.2) is 24.3 Å². The first-order chi connectivity index (χ1) is 9.61. The lowest BCUT2D eigenvalue weighted by Crippen LogP contribution is -2.53. The highest BCUT2D eigenvalue weighted by atomic mass is 32.1. The third-order valence-corrected chi connectivity index (χ3v) is 5.14. The molecule has 1 unspecified atom stereocenters. The molecule has 1 aromatic rings. The second-order valence-electron chi connectivity index (χ2n) is 5.49. The minimum Gasteiger partial charge on any atom is -0.497 e. The number of fused-ring (bicyclic) bond motifs is 1. The lowest BCUT2D eigenvalue weighted by atomic mass is 9.88. The van der Waals surface area contributed by atoms with Crippen LogP contribution in [-0.2, 0) is 5.66 Å². The summed E-state index contributed by atoms with van der Waals surface area (Å²) < 4.78 is 5.27. The van der Waals surface area contributed by atoms with Gasteiger partial charge in [-0.25, -0.2) is 0 Å². The molecule has 0 N–H and O–H groups in total. The first-order valence-corrected chi connectivity index (χ1v) is 7.45. The fourth-order valence-corrected chi connectivity index (χ4v) is 3.76. The topological polar surface area (TPSA) is 19.0 Å². The summed E-state index contributed by atoms with van der Waals surface area (Å²) in [6, 6.07) is 8.39. The van der Waals surface area contributed by atoms with Gasteiger partial charge in [0, 0.05) is 20.6 Å². The van der Waals surface area contributed by atoms with Crippen LogP contribution in [0, 0.1) is 0 Å². The van der Waals surface area contributed by atoms with Crippen LogP contribution in [0.4, 0.5) is 0 Å². The maximum absolute atomic E-state index is 5.58. The van der Waals surface area contributed by atoms with Crippen LogP contribution >= 0.6 is 12.2 Å². The van der Waals surface area contributed by atoms with Gasteiger partial charge in [0.1, 0.15) is 11.4 Å². The second kappa shape index (κ2) is 4.90. The molecule has 2 aliphatic rings. The van der Waals surface area contributed by atoms with Gasteiger partial charge in [-0.2, -0.15) is 5.01 Å². The van der Waals surface area contributed by atoms with Crippen LogP contribution in [0.2, 0.25) is 0 Å². The number of piperidine rings is 1. The Balaban J connectivity index is 2.07.